The van der Waals surface area contributed by atoms with E-state index in [0.717, 1.165) is 29.7 Å². The number of hydrogen-bond donors (Lipinski definition) is 1. The molecule has 0 spiro atoms. The van der Waals surface area contributed by atoms with Gasteiger partial charge in [-0.05, 0) is 6.07 Å². The van der Waals surface area contributed by atoms with Crippen LogP contribution in [0, 0.1) is 0 Å². The second kappa shape index (κ2) is 5.05. The highest BCUT2D eigenvalue weighted by Gasteiger charge is 2.37. The average molecular weight is 323 g/mol. The van der Waals surface area contributed by atoms with Gasteiger partial charge in [-0.15, -0.1) is 0 Å². The minimum absolute atomic E-state index is 0.00371. The van der Waals surface area contributed by atoms with Crippen molar-refractivity contribution in [2.75, 3.05) is 13.1 Å². The van der Waals surface area contributed by atoms with E-state index in [4.69, 9.17) is 4.52 Å². The third-order valence-corrected chi connectivity index (χ3v) is 3.86. The van der Waals surface area contributed by atoms with Crippen molar-refractivity contribution in [3.05, 3.63) is 41.7 Å². The van der Waals surface area contributed by atoms with Crippen LogP contribution in [0.5, 0.6) is 0 Å². The van der Waals surface area contributed by atoms with Gasteiger partial charge in [-0.2, -0.15) is 23.3 Å². The molecule has 2 aromatic heterocycles. The number of hydrogen-bond acceptors (Lipinski definition) is 5. The monoisotopic (exact) mass is 323 g/mol. The van der Waals surface area contributed by atoms with Crippen LogP contribution in [0.1, 0.15) is 23.3 Å². The maximum absolute atomic E-state index is 12.5. The van der Waals surface area contributed by atoms with Crippen molar-refractivity contribution in [1.29, 1.82) is 0 Å². The molecule has 3 aromatic rings. The summed E-state index contributed by atoms with van der Waals surface area (Å²) in [6.45, 7) is 1.70. The maximum Gasteiger partial charge on any atom is 0.455 e. The quantitative estimate of drug-likeness (QED) is 0.800. The van der Waals surface area contributed by atoms with Gasteiger partial charge in [0.25, 0.3) is 5.82 Å². The third-order valence-electron chi connectivity index (χ3n) is 3.86. The molecule has 0 amide bonds. The second-order valence-electron chi connectivity index (χ2n) is 5.42. The fourth-order valence-electron chi connectivity index (χ4n) is 2.62. The molecule has 0 atom stereocenters. The molecule has 0 saturated carbocycles. The Labute approximate surface area is 128 Å². The SMILES string of the molecule is FC(F)(F)c1noc(Cn2nc(C3CNC3)c3ccccc32)n1. The minimum atomic E-state index is -4.61. The summed E-state index contributed by atoms with van der Waals surface area (Å²) in [6.07, 6.45) is -4.61. The fourth-order valence-corrected chi connectivity index (χ4v) is 2.62. The molecule has 3 heterocycles. The van der Waals surface area contributed by atoms with Crippen LogP contribution < -0.4 is 5.32 Å². The van der Waals surface area contributed by atoms with Crippen molar-refractivity contribution >= 4 is 10.9 Å². The summed E-state index contributed by atoms with van der Waals surface area (Å²) in [6, 6.07) is 7.61. The van der Waals surface area contributed by atoms with E-state index in [9.17, 15) is 13.2 Å². The molecule has 1 saturated heterocycles. The number of halogens is 3. The topological polar surface area (TPSA) is 68.8 Å². The standard InChI is InChI=1S/C14H12F3N5O/c15-14(16,17)13-19-11(23-21-13)7-22-10-4-2-1-3-9(10)12(20-22)8-5-18-6-8/h1-4,8,18H,5-7H2. The average Bonchev–Trinajstić information content (AvgIpc) is 3.04. The fraction of sp³-hybridized carbons (Fsp3) is 0.357. The summed E-state index contributed by atoms with van der Waals surface area (Å²) in [5, 5.41) is 11.7. The summed E-state index contributed by atoms with van der Waals surface area (Å²) >= 11 is 0. The van der Waals surface area contributed by atoms with Crippen molar-refractivity contribution in [3.63, 3.8) is 0 Å². The van der Waals surface area contributed by atoms with Crippen LogP contribution in [-0.2, 0) is 12.7 Å². The van der Waals surface area contributed by atoms with Crippen LogP contribution in [-0.4, -0.2) is 33.0 Å². The molecule has 1 aliphatic rings. The zero-order chi connectivity index (χ0) is 16.0. The number of alkyl halides is 3. The Balaban J connectivity index is 1.70. The number of nitrogens with zero attached hydrogens (tertiary/aromatic N) is 4. The molecule has 0 aliphatic carbocycles. The van der Waals surface area contributed by atoms with Crippen molar-refractivity contribution in [3.8, 4) is 0 Å². The first-order chi connectivity index (χ1) is 11.0. The largest absolute Gasteiger partial charge is 0.455 e. The van der Waals surface area contributed by atoms with Gasteiger partial charge in [0, 0.05) is 24.4 Å². The van der Waals surface area contributed by atoms with E-state index in [-0.39, 0.29) is 12.4 Å². The lowest BCUT2D eigenvalue weighted by Gasteiger charge is -2.25. The van der Waals surface area contributed by atoms with Gasteiger partial charge in [-0.1, -0.05) is 23.4 Å². The molecule has 6 nitrogen and oxygen atoms in total. The highest BCUT2D eigenvalue weighted by molar-refractivity contribution is 5.82. The van der Waals surface area contributed by atoms with Gasteiger partial charge in [0.05, 0.1) is 11.2 Å². The number of fused-ring (bicyclic) bond motifs is 1. The number of benzene rings is 1. The van der Waals surface area contributed by atoms with Crippen LogP contribution in [0.15, 0.2) is 28.8 Å². The van der Waals surface area contributed by atoms with Gasteiger partial charge in [0.2, 0.25) is 5.89 Å². The van der Waals surface area contributed by atoms with Gasteiger partial charge < -0.3 is 9.84 Å². The second-order valence-corrected chi connectivity index (χ2v) is 5.42. The predicted octanol–water partition coefficient (Wildman–Crippen LogP) is 2.17. The first kappa shape index (κ1) is 14.2. The Morgan fingerprint density at radius 1 is 1.26 bits per heavy atom. The van der Waals surface area contributed by atoms with Crippen LogP contribution in [0.3, 0.4) is 0 Å². The lowest BCUT2D eigenvalue weighted by molar-refractivity contribution is -0.146. The Bertz CT molecular complexity index is 850. The Hall–Kier alpha value is -2.42. The number of para-hydroxylation sites is 1. The Morgan fingerprint density at radius 2 is 2.04 bits per heavy atom. The molecular weight excluding hydrogens is 311 g/mol. The molecule has 9 heteroatoms. The van der Waals surface area contributed by atoms with Crippen LogP contribution in [0.4, 0.5) is 13.2 Å². The number of rotatable bonds is 3. The summed E-state index contributed by atoms with van der Waals surface area (Å²) in [5.41, 5.74) is 1.77. The van der Waals surface area contributed by atoms with Crippen molar-refractivity contribution in [2.24, 2.45) is 0 Å². The number of aromatic nitrogens is 4. The minimum Gasteiger partial charge on any atom is -0.337 e. The van der Waals surface area contributed by atoms with Gasteiger partial charge in [0.15, 0.2) is 0 Å². The molecule has 23 heavy (non-hydrogen) atoms. The molecule has 1 aromatic carbocycles. The van der Waals surface area contributed by atoms with E-state index >= 15 is 0 Å². The molecule has 1 aliphatic heterocycles. The summed E-state index contributed by atoms with van der Waals surface area (Å²) < 4.78 is 43.9. The molecule has 4 rings (SSSR count). The highest BCUT2D eigenvalue weighted by atomic mass is 19.4. The summed E-state index contributed by atoms with van der Waals surface area (Å²) in [4.78, 5) is 3.40. The Kier molecular flexibility index (Phi) is 3.12. The highest BCUT2D eigenvalue weighted by Crippen LogP contribution is 2.29. The van der Waals surface area contributed by atoms with E-state index in [1.165, 1.54) is 0 Å². The first-order valence-electron chi connectivity index (χ1n) is 7.08. The first-order valence-corrected chi connectivity index (χ1v) is 7.08. The summed E-state index contributed by atoms with van der Waals surface area (Å²) in [7, 11) is 0. The molecule has 0 radical (unpaired) electrons. The molecule has 1 fully saturated rings. The molecule has 1 N–H and O–H groups in total. The van der Waals surface area contributed by atoms with E-state index in [1.807, 2.05) is 24.3 Å². The lowest BCUT2D eigenvalue weighted by Crippen LogP contribution is -2.40. The predicted molar refractivity (Wildman–Crippen MR) is 73.7 cm³/mol. The van der Waals surface area contributed by atoms with Crippen LogP contribution >= 0.6 is 0 Å². The Morgan fingerprint density at radius 3 is 2.70 bits per heavy atom. The lowest BCUT2D eigenvalue weighted by atomic mass is 9.97. The van der Waals surface area contributed by atoms with E-state index in [0.29, 0.717) is 5.92 Å². The van der Waals surface area contributed by atoms with Gasteiger partial charge in [0.1, 0.15) is 6.54 Å². The molecular formula is C14H12F3N5O. The van der Waals surface area contributed by atoms with Crippen LogP contribution in [0.25, 0.3) is 10.9 Å². The molecule has 0 unspecified atom stereocenters. The van der Waals surface area contributed by atoms with Crippen molar-refractivity contribution in [2.45, 2.75) is 18.6 Å². The van der Waals surface area contributed by atoms with E-state index in [1.54, 1.807) is 4.68 Å². The van der Waals surface area contributed by atoms with Crippen LogP contribution in [0.2, 0.25) is 0 Å². The summed E-state index contributed by atoms with van der Waals surface area (Å²) in [5.74, 6) is -1.08. The number of nitrogens with one attached hydrogen (secondary N) is 1. The van der Waals surface area contributed by atoms with Gasteiger partial charge in [-0.25, -0.2) is 0 Å². The third kappa shape index (κ3) is 2.46. The molecule has 0 bridgehead atoms. The van der Waals surface area contributed by atoms with Crippen molar-refractivity contribution in [1.82, 2.24) is 25.2 Å². The normalized spacial score (nSPS) is 16.0. The van der Waals surface area contributed by atoms with Gasteiger partial charge in [-0.3, -0.25) is 4.68 Å². The zero-order valence-electron chi connectivity index (χ0n) is 11.8. The smallest absolute Gasteiger partial charge is 0.337 e. The van der Waals surface area contributed by atoms with Gasteiger partial charge >= 0.3 is 6.18 Å². The molecule has 120 valence electrons. The maximum atomic E-state index is 12.5. The van der Waals surface area contributed by atoms with E-state index < -0.39 is 12.0 Å². The van der Waals surface area contributed by atoms with E-state index in [2.05, 4.69) is 20.6 Å². The van der Waals surface area contributed by atoms with Crippen molar-refractivity contribution < 1.29 is 17.7 Å². The zero-order valence-corrected chi connectivity index (χ0v) is 11.8.